The number of aliphatic imine (C=N–C) groups is 2. The summed E-state index contributed by atoms with van der Waals surface area (Å²) >= 11 is 1.88. The number of fused-ring (bicyclic) bond motifs is 6. The summed E-state index contributed by atoms with van der Waals surface area (Å²) < 4.78 is 5.21. The highest BCUT2D eigenvalue weighted by molar-refractivity contribution is 7.25. The fraction of sp³-hybridized carbons (Fsp3) is 0.100. The first kappa shape index (κ1) is 26.6. The number of para-hydroxylation sites is 1. The van der Waals surface area contributed by atoms with Crippen LogP contribution in [0.3, 0.4) is 0 Å². The van der Waals surface area contributed by atoms with Gasteiger partial charge in [0.1, 0.15) is 0 Å². The summed E-state index contributed by atoms with van der Waals surface area (Å²) in [5.41, 5.74) is 5.56. The predicted molar refractivity (Wildman–Crippen MR) is 189 cm³/mol. The van der Waals surface area contributed by atoms with Crippen molar-refractivity contribution in [2.45, 2.75) is 25.4 Å². The van der Waals surface area contributed by atoms with Crippen LogP contribution in [0, 0.1) is 0 Å². The van der Waals surface area contributed by atoms with E-state index in [1.54, 1.807) is 0 Å². The van der Waals surface area contributed by atoms with E-state index < -0.39 is 0 Å². The average Bonchev–Trinajstić information content (AvgIpc) is 3.60. The molecule has 1 unspecified atom stereocenters. The highest BCUT2D eigenvalue weighted by Crippen LogP contribution is 2.43. The molecule has 0 saturated heterocycles. The molecule has 1 aliphatic carbocycles. The molecule has 212 valence electrons. The Balaban J connectivity index is 1.22. The summed E-state index contributed by atoms with van der Waals surface area (Å²) in [6.07, 6.45) is 9.62. The summed E-state index contributed by atoms with van der Waals surface area (Å²) in [5.74, 6) is 0.754. The minimum absolute atomic E-state index is 0.252. The lowest BCUT2D eigenvalue weighted by molar-refractivity contribution is 0.437. The number of benzene rings is 5. The van der Waals surface area contributed by atoms with Crippen LogP contribution in [0.2, 0.25) is 0 Å². The molecule has 7 aromatic rings. The maximum atomic E-state index is 4.99. The van der Waals surface area contributed by atoms with Crippen molar-refractivity contribution in [1.82, 2.24) is 4.57 Å². The van der Waals surface area contributed by atoms with Crippen LogP contribution in [-0.2, 0) is 12.1 Å². The van der Waals surface area contributed by atoms with Crippen LogP contribution < -0.4 is 0 Å². The van der Waals surface area contributed by atoms with E-state index >= 15 is 0 Å². The van der Waals surface area contributed by atoms with Crippen molar-refractivity contribution in [3.8, 4) is 0 Å². The molecule has 4 heteroatoms. The number of thiophene rings is 1. The van der Waals surface area contributed by atoms with Crippen LogP contribution in [0.1, 0.15) is 24.5 Å². The third-order valence-corrected chi connectivity index (χ3v) is 9.82. The number of amidine groups is 1. The molecule has 8 rings (SSSR count). The number of nitrogens with zero attached hydrogens (tertiary/aromatic N) is 3. The predicted octanol–water partition coefficient (Wildman–Crippen LogP) is 10.5. The van der Waals surface area contributed by atoms with Crippen LogP contribution in [0.5, 0.6) is 0 Å². The lowest BCUT2D eigenvalue weighted by Crippen LogP contribution is -2.29. The number of rotatable bonds is 5. The van der Waals surface area contributed by atoms with Crippen LogP contribution in [0.25, 0.3) is 42.0 Å². The molecule has 0 amide bonds. The lowest BCUT2D eigenvalue weighted by Gasteiger charge is -2.32. The van der Waals surface area contributed by atoms with Crippen LogP contribution >= 0.6 is 11.3 Å². The fourth-order valence-electron chi connectivity index (χ4n) is 6.42. The molecule has 2 aromatic heterocycles. The first-order valence-corrected chi connectivity index (χ1v) is 15.9. The molecular weight excluding hydrogens is 555 g/mol. The largest absolute Gasteiger partial charge is 0.331 e. The molecule has 1 atom stereocenters. The van der Waals surface area contributed by atoms with Crippen LogP contribution in [-0.4, -0.2) is 16.6 Å². The Bertz CT molecular complexity index is 2280. The lowest BCUT2D eigenvalue weighted by atomic mass is 9.89. The molecule has 1 aliphatic rings. The molecule has 0 bridgehead atoms. The van der Waals surface area contributed by atoms with Gasteiger partial charge in [0.05, 0.1) is 17.6 Å². The standard InChI is InChI=1S/C40H31N3S/c1-40(22-20-30(21-23-40)39(41-26-28-12-4-2-5-13-28)42-27-29-14-6-3-7-15-29)43-35-18-10-8-16-31(35)33-25-38-34(24-36(33)43)32-17-9-11-19-37(32)44-38/h2-22,24-26H,23,27H2,1H3/b41-26+,42-39-. The molecule has 2 heterocycles. The summed E-state index contributed by atoms with van der Waals surface area (Å²) in [4.78, 5) is 9.89. The van der Waals surface area contributed by atoms with E-state index in [4.69, 9.17) is 9.98 Å². The van der Waals surface area contributed by atoms with E-state index in [2.05, 4.69) is 127 Å². The molecule has 0 radical (unpaired) electrons. The molecule has 5 aromatic carbocycles. The highest BCUT2D eigenvalue weighted by atomic mass is 32.1. The van der Waals surface area contributed by atoms with Crippen molar-refractivity contribution in [3.63, 3.8) is 0 Å². The zero-order chi connectivity index (χ0) is 29.5. The van der Waals surface area contributed by atoms with Gasteiger partial charge in [-0.25, -0.2) is 4.99 Å². The maximum Gasteiger partial charge on any atom is 0.154 e. The topological polar surface area (TPSA) is 29.6 Å². The second-order valence-electron chi connectivity index (χ2n) is 11.7. The van der Waals surface area contributed by atoms with Gasteiger partial charge in [0, 0.05) is 48.2 Å². The van der Waals surface area contributed by atoms with Gasteiger partial charge in [-0.05, 0) is 48.7 Å². The van der Waals surface area contributed by atoms with Gasteiger partial charge in [-0.2, -0.15) is 0 Å². The second kappa shape index (κ2) is 10.9. The monoisotopic (exact) mass is 585 g/mol. The van der Waals surface area contributed by atoms with Crippen LogP contribution in [0.15, 0.2) is 155 Å². The molecule has 3 nitrogen and oxygen atoms in total. The van der Waals surface area contributed by atoms with Gasteiger partial charge in [0.25, 0.3) is 0 Å². The SMILES string of the molecule is CC1(n2c3ccccc3c3cc4sc5ccccc5c4cc32)C=CC(C(=N/Cc2ccccc2)/N=C/c2ccccc2)=CC1. The molecule has 0 spiro atoms. The summed E-state index contributed by atoms with van der Waals surface area (Å²) in [7, 11) is 0. The van der Waals surface area contributed by atoms with Gasteiger partial charge in [0.15, 0.2) is 5.84 Å². The van der Waals surface area contributed by atoms with E-state index in [1.165, 1.54) is 47.5 Å². The zero-order valence-corrected chi connectivity index (χ0v) is 25.3. The van der Waals surface area contributed by atoms with E-state index in [0.29, 0.717) is 6.54 Å². The van der Waals surface area contributed by atoms with E-state index in [0.717, 1.165) is 23.4 Å². The zero-order valence-electron chi connectivity index (χ0n) is 24.5. The summed E-state index contributed by atoms with van der Waals surface area (Å²) in [5, 5.41) is 5.26. The molecule has 0 fully saturated rings. The van der Waals surface area contributed by atoms with Gasteiger partial charge in [-0.15, -0.1) is 11.3 Å². The Morgan fingerprint density at radius 1 is 0.750 bits per heavy atom. The molecule has 0 aliphatic heterocycles. The van der Waals surface area contributed by atoms with Crippen molar-refractivity contribution in [3.05, 3.63) is 156 Å². The average molecular weight is 586 g/mol. The number of hydrogen-bond donors (Lipinski definition) is 0. The van der Waals surface area contributed by atoms with Gasteiger partial charge in [-0.3, -0.25) is 4.99 Å². The molecule has 44 heavy (non-hydrogen) atoms. The smallest absolute Gasteiger partial charge is 0.154 e. The Hall–Kier alpha value is -5.06. The van der Waals surface area contributed by atoms with Crippen molar-refractivity contribution in [2.75, 3.05) is 0 Å². The van der Waals surface area contributed by atoms with Gasteiger partial charge < -0.3 is 4.57 Å². The van der Waals surface area contributed by atoms with Crippen molar-refractivity contribution in [1.29, 1.82) is 0 Å². The third kappa shape index (κ3) is 4.68. The highest BCUT2D eigenvalue weighted by Gasteiger charge is 2.29. The fourth-order valence-corrected chi connectivity index (χ4v) is 7.55. The van der Waals surface area contributed by atoms with Gasteiger partial charge in [0.2, 0.25) is 0 Å². The van der Waals surface area contributed by atoms with E-state index in [9.17, 15) is 0 Å². The third-order valence-electron chi connectivity index (χ3n) is 8.69. The molecule has 0 N–H and O–H groups in total. The molecular formula is C40H31N3S. The molecule has 0 saturated carbocycles. The Kier molecular flexibility index (Phi) is 6.58. The number of hydrogen-bond acceptors (Lipinski definition) is 2. The number of allylic oxidation sites excluding steroid dienone is 2. The Labute approximate surface area is 260 Å². The van der Waals surface area contributed by atoms with E-state index in [-0.39, 0.29) is 5.54 Å². The minimum Gasteiger partial charge on any atom is -0.331 e. The van der Waals surface area contributed by atoms with Crippen LogP contribution in [0.4, 0.5) is 0 Å². The Morgan fingerprint density at radius 3 is 2.27 bits per heavy atom. The second-order valence-corrected chi connectivity index (χ2v) is 12.7. The van der Waals surface area contributed by atoms with Gasteiger partial charge >= 0.3 is 0 Å². The first-order valence-electron chi connectivity index (χ1n) is 15.1. The normalized spacial score (nSPS) is 17.4. The quantitative estimate of drug-likeness (QED) is 0.142. The first-order chi connectivity index (χ1) is 21.7. The van der Waals surface area contributed by atoms with Crippen molar-refractivity contribution in [2.24, 2.45) is 9.98 Å². The Morgan fingerprint density at radius 2 is 1.48 bits per heavy atom. The van der Waals surface area contributed by atoms with Crippen molar-refractivity contribution < 1.29 is 0 Å². The minimum atomic E-state index is -0.252. The maximum absolute atomic E-state index is 4.99. The summed E-state index contributed by atoms with van der Waals surface area (Å²) in [6.45, 7) is 2.93. The van der Waals surface area contributed by atoms with E-state index in [1.807, 2.05) is 41.8 Å². The summed E-state index contributed by atoms with van der Waals surface area (Å²) in [6, 6.07) is 43.0. The van der Waals surface area contributed by atoms with Gasteiger partial charge in [-0.1, -0.05) is 115 Å². The van der Waals surface area contributed by atoms with Crippen molar-refractivity contribution >= 4 is 65.4 Å². The number of aromatic nitrogens is 1.